The standard InChI is InChI=1S/C20H24ClN3O2/c1-2-24-12-10-16(11-13-24)22-20(25)23-18-14-15(21)8-9-19(18)26-17-6-4-3-5-7-17/h3-9,14,16H,2,10-13H2,1H3,(H2,22,23,25). The molecule has 1 heterocycles. The number of para-hydroxylation sites is 1. The Kier molecular flexibility index (Phi) is 6.36. The summed E-state index contributed by atoms with van der Waals surface area (Å²) >= 11 is 6.09. The number of amides is 2. The van der Waals surface area contributed by atoms with Crippen molar-refractivity contribution in [3.63, 3.8) is 0 Å². The monoisotopic (exact) mass is 373 g/mol. The van der Waals surface area contributed by atoms with Crippen LogP contribution in [0.25, 0.3) is 0 Å². The van der Waals surface area contributed by atoms with Crippen LogP contribution < -0.4 is 15.4 Å². The first-order chi connectivity index (χ1) is 12.6. The molecule has 6 heteroatoms. The molecule has 0 atom stereocenters. The fourth-order valence-corrected chi connectivity index (χ4v) is 3.21. The molecule has 2 N–H and O–H groups in total. The first-order valence-corrected chi connectivity index (χ1v) is 9.34. The Labute approximate surface area is 159 Å². The molecule has 1 aliphatic rings. The molecule has 5 nitrogen and oxygen atoms in total. The Bertz CT molecular complexity index is 731. The van der Waals surface area contributed by atoms with Crippen molar-refractivity contribution in [1.29, 1.82) is 0 Å². The highest BCUT2D eigenvalue weighted by Crippen LogP contribution is 2.32. The zero-order chi connectivity index (χ0) is 18.4. The van der Waals surface area contributed by atoms with Crippen molar-refractivity contribution in [2.45, 2.75) is 25.8 Å². The molecule has 2 aromatic rings. The smallest absolute Gasteiger partial charge is 0.319 e. The molecule has 3 rings (SSSR count). The lowest BCUT2D eigenvalue weighted by Crippen LogP contribution is -2.45. The van der Waals surface area contributed by atoms with Crippen molar-refractivity contribution in [3.8, 4) is 11.5 Å². The Morgan fingerprint density at radius 2 is 1.92 bits per heavy atom. The highest BCUT2D eigenvalue weighted by atomic mass is 35.5. The lowest BCUT2D eigenvalue weighted by Gasteiger charge is -2.31. The molecule has 0 radical (unpaired) electrons. The van der Waals surface area contributed by atoms with Gasteiger partial charge in [-0.15, -0.1) is 0 Å². The normalized spacial score (nSPS) is 15.5. The third-order valence-electron chi connectivity index (χ3n) is 4.53. The molecule has 1 fully saturated rings. The van der Waals surface area contributed by atoms with Crippen molar-refractivity contribution < 1.29 is 9.53 Å². The van der Waals surface area contributed by atoms with Gasteiger partial charge in [-0.2, -0.15) is 0 Å². The highest BCUT2D eigenvalue weighted by molar-refractivity contribution is 6.31. The summed E-state index contributed by atoms with van der Waals surface area (Å²) in [7, 11) is 0. The zero-order valence-corrected chi connectivity index (χ0v) is 15.6. The SMILES string of the molecule is CCN1CCC(NC(=O)Nc2cc(Cl)ccc2Oc2ccccc2)CC1. The number of likely N-dealkylation sites (tertiary alicyclic amines) is 1. The second-order valence-electron chi connectivity index (χ2n) is 6.36. The van der Waals surface area contributed by atoms with Crippen LogP contribution in [0.5, 0.6) is 11.5 Å². The van der Waals surface area contributed by atoms with E-state index in [1.807, 2.05) is 30.3 Å². The number of nitrogens with zero attached hydrogens (tertiary/aromatic N) is 1. The molecule has 26 heavy (non-hydrogen) atoms. The topological polar surface area (TPSA) is 53.6 Å². The van der Waals surface area contributed by atoms with Gasteiger partial charge in [0.15, 0.2) is 5.75 Å². The van der Waals surface area contributed by atoms with Crippen LogP contribution in [0.15, 0.2) is 48.5 Å². The van der Waals surface area contributed by atoms with Crippen LogP contribution in [-0.2, 0) is 0 Å². The quantitative estimate of drug-likeness (QED) is 0.796. The van der Waals surface area contributed by atoms with E-state index in [4.69, 9.17) is 16.3 Å². The van der Waals surface area contributed by atoms with Gasteiger partial charge in [0.2, 0.25) is 0 Å². The molecule has 1 aliphatic heterocycles. The summed E-state index contributed by atoms with van der Waals surface area (Å²) in [5, 5.41) is 6.46. The summed E-state index contributed by atoms with van der Waals surface area (Å²) in [5.74, 6) is 1.25. The number of anilines is 1. The molecule has 1 saturated heterocycles. The summed E-state index contributed by atoms with van der Waals surface area (Å²) in [4.78, 5) is 14.8. The molecule has 0 aliphatic carbocycles. The molecule has 0 aromatic heterocycles. The van der Waals surface area contributed by atoms with Gasteiger partial charge in [0, 0.05) is 24.2 Å². The van der Waals surface area contributed by atoms with Crippen molar-refractivity contribution in [3.05, 3.63) is 53.6 Å². The van der Waals surface area contributed by atoms with Crippen molar-refractivity contribution >= 4 is 23.3 Å². The Morgan fingerprint density at radius 3 is 2.62 bits per heavy atom. The van der Waals surface area contributed by atoms with E-state index in [1.165, 1.54) is 0 Å². The molecule has 2 aromatic carbocycles. The van der Waals surface area contributed by atoms with Gasteiger partial charge in [0.25, 0.3) is 0 Å². The zero-order valence-electron chi connectivity index (χ0n) is 14.9. The maximum absolute atomic E-state index is 12.4. The number of benzene rings is 2. The summed E-state index contributed by atoms with van der Waals surface area (Å²) < 4.78 is 5.88. The Balaban J connectivity index is 1.63. The van der Waals surface area contributed by atoms with Crippen LogP contribution >= 0.6 is 11.6 Å². The average molecular weight is 374 g/mol. The van der Waals surface area contributed by atoms with Crippen LogP contribution in [0.3, 0.4) is 0 Å². The minimum Gasteiger partial charge on any atom is -0.455 e. The van der Waals surface area contributed by atoms with Crippen LogP contribution in [-0.4, -0.2) is 36.6 Å². The first-order valence-electron chi connectivity index (χ1n) is 8.96. The van der Waals surface area contributed by atoms with Gasteiger partial charge in [0.05, 0.1) is 5.69 Å². The highest BCUT2D eigenvalue weighted by Gasteiger charge is 2.20. The number of hydrogen-bond acceptors (Lipinski definition) is 3. The van der Waals surface area contributed by atoms with Gasteiger partial charge in [-0.05, 0) is 49.7 Å². The number of hydrogen-bond donors (Lipinski definition) is 2. The van der Waals surface area contributed by atoms with Gasteiger partial charge in [-0.25, -0.2) is 4.79 Å². The van der Waals surface area contributed by atoms with Crippen LogP contribution in [0.1, 0.15) is 19.8 Å². The third-order valence-corrected chi connectivity index (χ3v) is 4.77. The van der Waals surface area contributed by atoms with Crippen LogP contribution in [0.2, 0.25) is 5.02 Å². The average Bonchev–Trinajstić information content (AvgIpc) is 2.65. The maximum Gasteiger partial charge on any atom is 0.319 e. The van der Waals surface area contributed by atoms with Gasteiger partial charge in [0.1, 0.15) is 5.75 Å². The number of ether oxygens (including phenoxy) is 1. The molecule has 2 amide bonds. The molecule has 0 unspecified atom stereocenters. The van der Waals surface area contributed by atoms with E-state index in [2.05, 4.69) is 22.5 Å². The molecule has 0 saturated carbocycles. The molecular weight excluding hydrogens is 350 g/mol. The van der Waals surface area contributed by atoms with Gasteiger partial charge in [-0.1, -0.05) is 36.7 Å². The van der Waals surface area contributed by atoms with Crippen molar-refractivity contribution in [1.82, 2.24) is 10.2 Å². The van der Waals surface area contributed by atoms with Crippen molar-refractivity contribution in [2.75, 3.05) is 25.0 Å². The van der Waals surface area contributed by atoms with E-state index < -0.39 is 0 Å². The number of rotatable bonds is 5. The summed E-state index contributed by atoms with van der Waals surface area (Å²) in [5.41, 5.74) is 0.546. The number of carbonyl (C=O) groups excluding carboxylic acids is 1. The summed E-state index contributed by atoms with van der Waals surface area (Å²) in [6.45, 7) is 5.25. The van der Waals surface area contributed by atoms with Gasteiger partial charge >= 0.3 is 6.03 Å². The second-order valence-corrected chi connectivity index (χ2v) is 6.80. The van der Waals surface area contributed by atoms with Gasteiger partial charge < -0.3 is 20.3 Å². The number of halogens is 1. The van der Waals surface area contributed by atoms with E-state index in [9.17, 15) is 4.79 Å². The minimum atomic E-state index is -0.236. The number of nitrogens with one attached hydrogen (secondary N) is 2. The van der Waals surface area contributed by atoms with E-state index in [-0.39, 0.29) is 12.1 Å². The van der Waals surface area contributed by atoms with Gasteiger partial charge in [-0.3, -0.25) is 0 Å². The number of carbonyl (C=O) groups is 1. The Hall–Kier alpha value is -2.24. The fraction of sp³-hybridized carbons (Fsp3) is 0.350. The first kappa shape index (κ1) is 18.5. The van der Waals surface area contributed by atoms with E-state index >= 15 is 0 Å². The second kappa shape index (κ2) is 8.92. The van der Waals surface area contributed by atoms with E-state index in [0.717, 1.165) is 32.5 Å². The molecule has 0 spiro atoms. The predicted molar refractivity (Wildman–Crippen MR) is 105 cm³/mol. The maximum atomic E-state index is 12.4. The van der Waals surface area contributed by atoms with Crippen molar-refractivity contribution in [2.24, 2.45) is 0 Å². The molecule has 0 bridgehead atoms. The fourth-order valence-electron chi connectivity index (χ4n) is 3.04. The third kappa shape index (κ3) is 5.13. The molecule has 138 valence electrons. The summed E-state index contributed by atoms with van der Waals surface area (Å²) in [6, 6.07) is 14.6. The molecular formula is C20H24ClN3O2. The largest absolute Gasteiger partial charge is 0.455 e. The van der Waals surface area contributed by atoms with Crippen LogP contribution in [0.4, 0.5) is 10.5 Å². The number of urea groups is 1. The number of piperidine rings is 1. The summed E-state index contributed by atoms with van der Waals surface area (Å²) in [6.07, 6.45) is 1.92. The minimum absolute atomic E-state index is 0.190. The lowest BCUT2D eigenvalue weighted by molar-refractivity contribution is 0.203. The van der Waals surface area contributed by atoms with Crippen LogP contribution in [0, 0.1) is 0 Å². The predicted octanol–water partition coefficient (Wildman–Crippen LogP) is 4.74. The lowest BCUT2D eigenvalue weighted by atomic mass is 10.1. The van der Waals surface area contributed by atoms with E-state index in [1.54, 1.807) is 18.2 Å². The Morgan fingerprint density at radius 1 is 1.19 bits per heavy atom. The van der Waals surface area contributed by atoms with E-state index in [0.29, 0.717) is 22.2 Å².